The van der Waals surface area contributed by atoms with E-state index < -0.39 is 47.9 Å². The number of carbonyl (C=O) groups excluding carboxylic acids is 3. The zero-order valence-corrected chi connectivity index (χ0v) is 19.3. The van der Waals surface area contributed by atoms with Crippen molar-refractivity contribution in [3.63, 3.8) is 0 Å². The summed E-state index contributed by atoms with van der Waals surface area (Å²) in [5.74, 6) is -3.17. The molecule has 35 heavy (non-hydrogen) atoms. The number of anilines is 2. The van der Waals surface area contributed by atoms with Gasteiger partial charge in [0, 0.05) is 43.1 Å². The molecule has 0 aromatic heterocycles. The number of amides is 3. The fraction of sp³-hybridized carbons (Fsp3) is 0.591. The number of piperidine rings is 1. The smallest absolute Gasteiger partial charge is 0.414 e. The molecule has 0 radical (unpaired) electrons. The minimum absolute atomic E-state index is 0.0405. The SMILES string of the molecule is CC(C)(C)OC(=O)NC1C2CN(c3c(F)cc(N4C[C@H](CNC(=O)C(F)F)OC4=O)cc3F)CC21. The number of nitrogens with one attached hydrogen (secondary N) is 2. The van der Waals surface area contributed by atoms with Gasteiger partial charge in [-0.25, -0.2) is 18.4 Å². The highest BCUT2D eigenvalue weighted by molar-refractivity contribution is 5.90. The molecule has 0 bridgehead atoms. The zero-order chi connectivity index (χ0) is 25.7. The molecule has 4 rings (SSSR count). The Morgan fingerprint density at radius 2 is 1.74 bits per heavy atom. The Kier molecular flexibility index (Phi) is 6.45. The van der Waals surface area contributed by atoms with Crippen molar-refractivity contribution in [2.45, 2.75) is 44.9 Å². The molecular formula is C22H26F4N4O5. The van der Waals surface area contributed by atoms with E-state index in [-0.39, 0.29) is 42.3 Å². The van der Waals surface area contributed by atoms with E-state index >= 15 is 0 Å². The molecule has 2 heterocycles. The van der Waals surface area contributed by atoms with Gasteiger partial charge in [-0.2, -0.15) is 8.78 Å². The Morgan fingerprint density at radius 1 is 1.14 bits per heavy atom. The predicted molar refractivity (Wildman–Crippen MR) is 115 cm³/mol. The third-order valence-electron chi connectivity index (χ3n) is 6.08. The number of carbonyl (C=O) groups is 3. The van der Waals surface area contributed by atoms with Gasteiger partial charge in [0.2, 0.25) is 0 Å². The van der Waals surface area contributed by atoms with Gasteiger partial charge >= 0.3 is 18.6 Å². The number of hydrogen-bond acceptors (Lipinski definition) is 6. The Morgan fingerprint density at radius 3 is 2.29 bits per heavy atom. The molecule has 3 aliphatic rings. The third-order valence-corrected chi connectivity index (χ3v) is 6.08. The summed E-state index contributed by atoms with van der Waals surface area (Å²) in [4.78, 5) is 37.6. The second-order valence-electron chi connectivity index (χ2n) is 9.82. The molecule has 13 heteroatoms. The van der Waals surface area contributed by atoms with Gasteiger partial charge in [0.1, 0.15) is 17.4 Å². The standard InChI is InChI=1S/C22H26F4N4O5/c1-22(2,3)35-20(32)28-16-12-8-29(9-13(12)16)17-14(23)4-10(5-15(17)24)30-7-11(34-21(30)33)6-27-19(31)18(25)26/h4-5,11-13,16,18H,6-9H2,1-3H3,(H,27,31)(H,28,32)/t11-,12?,13?,16?/m0/s1. The molecule has 2 unspecified atom stereocenters. The molecule has 1 aromatic carbocycles. The number of alkyl halides is 2. The van der Waals surface area contributed by atoms with Gasteiger partial charge in [0.05, 0.1) is 18.8 Å². The average molecular weight is 502 g/mol. The molecule has 3 amide bonds. The van der Waals surface area contributed by atoms with E-state index in [4.69, 9.17) is 9.47 Å². The normalized spacial score (nSPS) is 25.4. The Labute approximate surface area is 198 Å². The van der Waals surface area contributed by atoms with Crippen LogP contribution in [0.2, 0.25) is 0 Å². The number of benzene rings is 1. The average Bonchev–Trinajstić information content (AvgIpc) is 3.06. The van der Waals surface area contributed by atoms with E-state index in [0.717, 1.165) is 17.0 Å². The molecule has 9 nitrogen and oxygen atoms in total. The van der Waals surface area contributed by atoms with Crippen LogP contribution < -0.4 is 20.4 Å². The van der Waals surface area contributed by atoms with Crippen LogP contribution in [-0.2, 0) is 14.3 Å². The van der Waals surface area contributed by atoms with Gasteiger partial charge in [-0.1, -0.05) is 0 Å². The van der Waals surface area contributed by atoms with E-state index in [1.54, 1.807) is 25.7 Å². The second kappa shape index (κ2) is 9.08. The summed E-state index contributed by atoms with van der Waals surface area (Å²) in [5.41, 5.74) is -0.953. The third kappa shape index (κ3) is 5.38. The largest absolute Gasteiger partial charge is 0.444 e. The Balaban J connectivity index is 1.35. The molecule has 1 aliphatic carbocycles. The summed E-state index contributed by atoms with van der Waals surface area (Å²) in [6.45, 7) is 5.42. The van der Waals surface area contributed by atoms with Gasteiger partial charge in [-0.05, 0) is 20.8 Å². The van der Waals surface area contributed by atoms with Gasteiger partial charge < -0.3 is 25.0 Å². The van der Waals surface area contributed by atoms with Crippen LogP contribution in [0, 0.1) is 23.5 Å². The highest BCUT2D eigenvalue weighted by atomic mass is 19.3. The van der Waals surface area contributed by atoms with E-state index in [2.05, 4.69) is 5.32 Å². The maximum Gasteiger partial charge on any atom is 0.414 e. The van der Waals surface area contributed by atoms with Crippen molar-refractivity contribution in [1.82, 2.24) is 10.6 Å². The summed E-state index contributed by atoms with van der Waals surface area (Å²) in [6.07, 6.45) is -5.60. The van der Waals surface area contributed by atoms with Gasteiger partial charge in [0.15, 0.2) is 11.6 Å². The van der Waals surface area contributed by atoms with Crippen LogP contribution in [0.1, 0.15) is 20.8 Å². The number of rotatable bonds is 6. The predicted octanol–water partition coefficient (Wildman–Crippen LogP) is 2.63. The number of ether oxygens (including phenoxy) is 2. The number of fused-ring (bicyclic) bond motifs is 1. The van der Waals surface area contributed by atoms with Crippen molar-refractivity contribution < 1.29 is 41.4 Å². The quantitative estimate of drug-likeness (QED) is 0.581. The first kappa shape index (κ1) is 24.9. The number of cyclic esters (lactones) is 1. The molecule has 192 valence electrons. The molecule has 2 aliphatic heterocycles. The van der Waals surface area contributed by atoms with Gasteiger partial charge in [0.25, 0.3) is 5.91 Å². The molecule has 3 atom stereocenters. The zero-order valence-electron chi connectivity index (χ0n) is 19.3. The Bertz CT molecular complexity index is 999. The molecule has 1 aromatic rings. The first-order chi connectivity index (χ1) is 16.3. The van der Waals surface area contributed by atoms with Crippen LogP contribution >= 0.6 is 0 Å². The van der Waals surface area contributed by atoms with E-state index in [9.17, 15) is 31.9 Å². The number of alkyl carbamates (subject to hydrolysis) is 1. The number of nitrogens with zero attached hydrogens (tertiary/aromatic N) is 2. The van der Waals surface area contributed by atoms with Crippen LogP contribution in [-0.4, -0.2) is 68.4 Å². The molecule has 2 saturated heterocycles. The van der Waals surface area contributed by atoms with Crippen LogP contribution in [0.25, 0.3) is 0 Å². The van der Waals surface area contributed by atoms with Crippen LogP contribution in [0.3, 0.4) is 0 Å². The maximum atomic E-state index is 14.9. The van der Waals surface area contributed by atoms with Crippen LogP contribution in [0.4, 0.5) is 38.5 Å². The first-order valence-corrected chi connectivity index (χ1v) is 11.1. The van der Waals surface area contributed by atoms with Crippen molar-refractivity contribution in [2.24, 2.45) is 11.8 Å². The van der Waals surface area contributed by atoms with Crippen molar-refractivity contribution in [1.29, 1.82) is 0 Å². The lowest BCUT2D eigenvalue weighted by Crippen LogP contribution is -2.38. The summed E-state index contributed by atoms with van der Waals surface area (Å²) < 4.78 is 64.7. The highest BCUT2D eigenvalue weighted by Crippen LogP contribution is 2.48. The molecular weight excluding hydrogens is 476 g/mol. The lowest BCUT2D eigenvalue weighted by atomic mass is 10.2. The van der Waals surface area contributed by atoms with Crippen LogP contribution in [0.15, 0.2) is 12.1 Å². The van der Waals surface area contributed by atoms with Crippen molar-refractivity contribution in [2.75, 3.05) is 36.0 Å². The van der Waals surface area contributed by atoms with Crippen molar-refractivity contribution in [3.05, 3.63) is 23.8 Å². The summed E-state index contributed by atoms with van der Waals surface area (Å²) in [6, 6.07) is 1.88. The minimum Gasteiger partial charge on any atom is -0.444 e. The number of hydrogen-bond donors (Lipinski definition) is 2. The highest BCUT2D eigenvalue weighted by Gasteiger charge is 2.57. The van der Waals surface area contributed by atoms with E-state index in [0.29, 0.717) is 13.1 Å². The van der Waals surface area contributed by atoms with Gasteiger partial charge in [-0.15, -0.1) is 0 Å². The van der Waals surface area contributed by atoms with Crippen molar-refractivity contribution >= 4 is 29.5 Å². The van der Waals surface area contributed by atoms with E-state index in [1.165, 1.54) is 0 Å². The molecule has 2 N–H and O–H groups in total. The summed E-state index contributed by atoms with van der Waals surface area (Å²) >= 11 is 0. The minimum atomic E-state index is -3.21. The van der Waals surface area contributed by atoms with Crippen LogP contribution in [0.5, 0.6) is 0 Å². The maximum absolute atomic E-state index is 14.9. The molecule has 1 saturated carbocycles. The second-order valence-corrected chi connectivity index (χ2v) is 9.82. The topological polar surface area (TPSA) is 100 Å². The number of halogens is 4. The monoisotopic (exact) mass is 502 g/mol. The Hall–Kier alpha value is -3.25. The lowest BCUT2D eigenvalue weighted by molar-refractivity contribution is -0.132. The van der Waals surface area contributed by atoms with E-state index in [1.807, 2.05) is 5.32 Å². The molecule has 3 fully saturated rings. The lowest BCUT2D eigenvalue weighted by Gasteiger charge is -2.25. The summed E-state index contributed by atoms with van der Waals surface area (Å²) in [7, 11) is 0. The molecule has 0 spiro atoms. The first-order valence-electron chi connectivity index (χ1n) is 11.1. The summed E-state index contributed by atoms with van der Waals surface area (Å²) in [5, 5.41) is 4.73. The fourth-order valence-corrected chi connectivity index (χ4v) is 4.51. The van der Waals surface area contributed by atoms with Gasteiger partial charge in [-0.3, -0.25) is 9.69 Å². The fourth-order valence-electron chi connectivity index (χ4n) is 4.51. The van der Waals surface area contributed by atoms with Crippen molar-refractivity contribution in [3.8, 4) is 0 Å².